The molecule has 162 valence electrons. The molecular weight excluding hydrogens is 418 g/mol. The number of ether oxygens (including phenoxy) is 2. The number of benzene rings is 2. The molecule has 0 bridgehead atoms. The van der Waals surface area contributed by atoms with Gasteiger partial charge in [-0.2, -0.15) is 10.2 Å². The first-order valence-electron chi connectivity index (χ1n) is 10.2. The van der Waals surface area contributed by atoms with Gasteiger partial charge in [0.05, 0.1) is 5.56 Å². The van der Waals surface area contributed by atoms with Gasteiger partial charge < -0.3 is 14.4 Å². The van der Waals surface area contributed by atoms with Crippen molar-refractivity contribution in [2.75, 3.05) is 11.4 Å². The standard InChI is InChI=1S/C23H18F2N4O3/c24-16-7-17(25)9-19(8-16)32-20-4-3-14(6-15(20)11-26)13-31-21-10-22-28-5-1-2-18(28)12-29(22)23(30)27-21/h3-4,6-10,18H,1-2,5,12-13H2. The van der Waals surface area contributed by atoms with Gasteiger partial charge in [0, 0.05) is 43.4 Å². The topological polar surface area (TPSA) is 80.4 Å². The Balaban J connectivity index is 1.32. The fraction of sp³-hybridized carbons (Fsp3) is 0.261. The molecule has 9 heteroatoms. The second-order valence-corrected chi connectivity index (χ2v) is 7.77. The van der Waals surface area contributed by atoms with Gasteiger partial charge in [0.1, 0.15) is 41.6 Å². The molecule has 3 heterocycles. The van der Waals surface area contributed by atoms with Crippen molar-refractivity contribution >= 4 is 5.82 Å². The highest BCUT2D eigenvalue weighted by Crippen LogP contribution is 2.33. The largest absolute Gasteiger partial charge is 0.473 e. The van der Waals surface area contributed by atoms with E-state index in [9.17, 15) is 18.8 Å². The first kappa shape index (κ1) is 20.0. The zero-order valence-electron chi connectivity index (χ0n) is 16.9. The van der Waals surface area contributed by atoms with Gasteiger partial charge in [0.2, 0.25) is 5.88 Å². The van der Waals surface area contributed by atoms with Gasteiger partial charge in [0.15, 0.2) is 0 Å². The zero-order chi connectivity index (χ0) is 22.2. The van der Waals surface area contributed by atoms with E-state index in [1.165, 1.54) is 6.07 Å². The highest BCUT2D eigenvalue weighted by Gasteiger charge is 2.34. The molecule has 0 spiro atoms. The Labute approximate surface area is 182 Å². The summed E-state index contributed by atoms with van der Waals surface area (Å²) >= 11 is 0. The van der Waals surface area contributed by atoms with E-state index in [2.05, 4.69) is 9.88 Å². The van der Waals surface area contributed by atoms with Crippen molar-refractivity contribution in [1.29, 1.82) is 5.26 Å². The molecule has 1 saturated heterocycles. The van der Waals surface area contributed by atoms with Gasteiger partial charge in [-0.25, -0.2) is 13.6 Å². The van der Waals surface area contributed by atoms with E-state index in [0.717, 1.165) is 43.4 Å². The SMILES string of the molecule is N#Cc1cc(COc2cc3n(c(=O)n2)CC2CCCN32)ccc1Oc1cc(F)cc(F)c1. The molecule has 1 unspecified atom stereocenters. The van der Waals surface area contributed by atoms with Gasteiger partial charge in [-0.3, -0.25) is 4.57 Å². The number of halogens is 2. The van der Waals surface area contributed by atoms with Crippen LogP contribution in [0.15, 0.2) is 47.3 Å². The van der Waals surface area contributed by atoms with Gasteiger partial charge in [-0.15, -0.1) is 0 Å². The number of anilines is 1. The number of hydrogen-bond acceptors (Lipinski definition) is 6. The summed E-state index contributed by atoms with van der Waals surface area (Å²) in [4.78, 5) is 18.6. The van der Waals surface area contributed by atoms with E-state index in [-0.39, 0.29) is 35.2 Å². The van der Waals surface area contributed by atoms with Gasteiger partial charge >= 0.3 is 5.69 Å². The lowest BCUT2D eigenvalue weighted by atomic mass is 10.1. The molecule has 2 aliphatic rings. The van der Waals surface area contributed by atoms with Crippen LogP contribution >= 0.6 is 0 Å². The van der Waals surface area contributed by atoms with Crippen molar-refractivity contribution < 1.29 is 18.3 Å². The molecule has 7 nitrogen and oxygen atoms in total. The Morgan fingerprint density at radius 1 is 1.16 bits per heavy atom. The lowest BCUT2D eigenvalue weighted by Gasteiger charge is -2.17. The maximum absolute atomic E-state index is 13.4. The molecule has 0 radical (unpaired) electrons. The quantitative estimate of drug-likeness (QED) is 0.606. The Bertz CT molecular complexity index is 1280. The van der Waals surface area contributed by atoms with Crippen LogP contribution in [0.4, 0.5) is 14.6 Å². The molecule has 3 aromatic rings. The summed E-state index contributed by atoms with van der Waals surface area (Å²) in [5.41, 5.74) is 0.495. The summed E-state index contributed by atoms with van der Waals surface area (Å²) in [7, 11) is 0. The fourth-order valence-electron chi connectivity index (χ4n) is 4.21. The molecular formula is C23H18F2N4O3. The fourth-order valence-corrected chi connectivity index (χ4v) is 4.21. The van der Waals surface area contributed by atoms with Crippen molar-refractivity contribution in [3.63, 3.8) is 0 Å². The van der Waals surface area contributed by atoms with E-state index < -0.39 is 11.6 Å². The van der Waals surface area contributed by atoms with Crippen LogP contribution in [-0.4, -0.2) is 22.1 Å². The van der Waals surface area contributed by atoms with Crippen LogP contribution < -0.4 is 20.1 Å². The number of rotatable bonds is 5. The van der Waals surface area contributed by atoms with Crippen molar-refractivity contribution in [3.05, 3.63) is 75.7 Å². The van der Waals surface area contributed by atoms with Gasteiger partial charge in [0.25, 0.3) is 0 Å². The van der Waals surface area contributed by atoms with E-state index in [1.54, 1.807) is 22.8 Å². The Morgan fingerprint density at radius 2 is 1.97 bits per heavy atom. The monoisotopic (exact) mass is 436 g/mol. The number of nitrogens with zero attached hydrogens (tertiary/aromatic N) is 4. The van der Waals surface area contributed by atoms with Crippen molar-refractivity contribution in [2.24, 2.45) is 0 Å². The van der Waals surface area contributed by atoms with Crippen LogP contribution in [0.5, 0.6) is 17.4 Å². The first-order valence-corrected chi connectivity index (χ1v) is 10.2. The summed E-state index contributed by atoms with van der Waals surface area (Å²) in [5.74, 6) is -0.390. The Morgan fingerprint density at radius 3 is 2.75 bits per heavy atom. The van der Waals surface area contributed by atoms with Crippen molar-refractivity contribution in [2.45, 2.75) is 32.0 Å². The smallest absolute Gasteiger partial charge is 0.352 e. The summed E-state index contributed by atoms with van der Waals surface area (Å²) in [5, 5.41) is 9.46. The third kappa shape index (κ3) is 3.75. The molecule has 5 rings (SSSR count). The molecule has 32 heavy (non-hydrogen) atoms. The van der Waals surface area contributed by atoms with Gasteiger partial charge in [-0.05, 0) is 30.5 Å². The summed E-state index contributed by atoms with van der Waals surface area (Å²) < 4.78 is 39.7. The molecule has 0 N–H and O–H groups in total. The normalized spacial score (nSPS) is 16.4. The highest BCUT2D eigenvalue weighted by atomic mass is 19.1. The summed E-state index contributed by atoms with van der Waals surface area (Å²) in [6.45, 7) is 1.66. The van der Waals surface area contributed by atoms with E-state index in [0.29, 0.717) is 18.2 Å². The van der Waals surface area contributed by atoms with Crippen LogP contribution in [-0.2, 0) is 13.2 Å². The minimum Gasteiger partial charge on any atom is -0.473 e. The number of aromatic nitrogens is 2. The van der Waals surface area contributed by atoms with Crippen LogP contribution in [0, 0.1) is 23.0 Å². The van der Waals surface area contributed by atoms with E-state index in [4.69, 9.17) is 9.47 Å². The van der Waals surface area contributed by atoms with Crippen molar-refractivity contribution in [3.8, 4) is 23.4 Å². The lowest BCUT2D eigenvalue weighted by Crippen LogP contribution is -2.24. The lowest BCUT2D eigenvalue weighted by molar-refractivity contribution is 0.291. The third-order valence-electron chi connectivity index (χ3n) is 5.65. The van der Waals surface area contributed by atoms with Crippen LogP contribution in [0.3, 0.4) is 0 Å². The molecule has 0 saturated carbocycles. The second kappa shape index (κ2) is 7.96. The number of fused-ring (bicyclic) bond motifs is 3. The third-order valence-corrected chi connectivity index (χ3v) is 5.65. The predicted octanol–water partition coefficient (Wildman–Crippen LogP) is 3.75. The molecule has 2 aliphatic heterocycles. The molecule has 1 aromatic heterocycles. The van der Waals surface area contributed by atoms with Crippen LogP contribution in [0.25, 0.3) is 0 Å². The Kier molecular flexibility index (Phi) is 4.98. The minimum absolute atomic E-state index is 0.0500. The van der Waals surface area contributed by atoms with E-state index >= 15 is 0 Å². The average molecular weight is 436 g/mol. The van der Waals surface area contributed by atoms with Crippen LogP contribution in [0.2, 0.25) is 0 Å². The zero-order valence-corrected chi connectivity index (χ0v) is 16.9. The van der Waals surface area contributed by atoms with Crippen LogP contribution in [0.1, 0.15) is 24.0 Å². The van der Waals surface area contributed by atoms with Gasteiger partial charge in [-0.1, -0.05) is 6.07 Å². The number of hydrogen-bond donors (Lipinski definition) is 0. The highest BCUT2D eigenvalue weighted by molar-refractivity contribution is 5.49. The first-order chi connectivity index (χ1) is 15.5. The average Bonchev–Trinajstić information content (AvgIpc) is 3.35. The molecule has 2 aromatic carbocycles. The molecule has 1 fully saturated rings. The maximum Gasteiger partial charge on any atom is 0.352 e. The Hall–Kier alpha value is -3.93. The maximum atomic E-state index is 13.4. The molecule has 1 atom stereocenters. The molecule has 0 amide bonds. The minimum atomic E-state index is -0.776. The summed E-state index contributed by atoms with van der Waals surface area (Å²) in [6, 6.07) is 11.7. The molecule has 0 aliphatic carbocycles. The van der Waals surface area contributed by atoms with E-state index in [1.807, 2.05) is 6.07 Å². The predicted molar refractivity (Wildman–Crippen MR) is 111 cm³/mol. The number of nitriles is 1. The second-order valence-electron chi connectivity index (χ2n) is 7.77. The summed E-state index contributed by atoms with van der Waals surface area (Å²) in [6.07, 6.45) is 2.16. The van der Waals surface area contributed by atoms with Crippen molar-refractivity contribution in [1.82, 2.24) is 9.55 Å².